The molecule has 0 aliphatic carbocycles. The number of rotatable bonds is 3. The van der Waals surface area contributed by atoms with E-state index in [0.29, 0.717) is 6.07 Å². The first-order valence-electron chi connectivity index (χ1n) is 3.93. The van der Waals surface area contributed by atoms with Gasteiger partial charge in [0.15, 0.2) is 0 Å². The fourth-order valence-corrected chi connectivity index (χ4v) is 1.57. The number of nitro benzene ring substituents is 1. The second-order valence-electron chi connectivity index (χ2n) is 2.77. The van der Waals surface area contributed by atoms with Gasteiger partial charge in [-0.2, -0.15) is 0 Å². The van der Waals surface area contributed by atoms with Gasteiger partial charge in [-0.3, -0.25) is 14.9 Å². The van der Waals surface area contributed by atoms with E-state index >= 15 is 0 Å². The van der Waals surface area contributed by atoms with E-state index < -0.39 is 22.7 Å². The lowest BCUT2D eigenvalue weighted by molar-refractivity contribution is -0.388. The van der Waals surface area contributed by atoms with Crippen molar-refractivity contribution in [2.75, 3.05) is 0 Å². The summed E-state index contributed by atoms with van der Waals surface area (Å²) in [5.74, 6) is -0.992. The van der Waals surface area contributed by atoms with Crippen molar-refractivity contribution in [3.63, 3.8) is 0 Å². The van der Waals surface area contributed by atoms with Gasteiger partial charge in [0.05, 0.1) is 9.40 Å². The summed E-state index contributed by atoms with van der Waals surface area (Å²) in [5.41, 5.74) is -1.09. The fourth-order valence-electron chi connectivity index (χ4n) is 1.02. The van der Waals surface area contributed by atoms with Gasteiger partial charge in [0.2, 0.25) is 5.75 Å². The molecule has 0 atom stereocenters. The number of nitro groups is 1. The number of hydrogen-bond donors (Lipinski definition) is 0. The molecule has 1 rings (SSSR count). The maximum atomic E-state index is 12.0. The van der Waals surface area contributed by atoms with E-state index in [1.807, 2.05) is 0 Å². The Hall–Kier alpha value is -1.64. The van der Waals surface area contributed by atoms with Crippen molar-refractivity contribution < 1.29 is 27.6 Å². The van der Waals surface area contributed by atoms with Crippen molar-refractivity contribution in [1.82, 2.24) is 0 Å². The van der Waals surface area contributed by atoms with Crippen LogP contribution in [0.4, 0.5) is 18.9 Å². The molecule has 0 N–H and O–H groups in total. The minimum absolute atomic E-state index is 0.141. The number of carbonyl (C=O) groups is 1. The van der Waals surface area contributed by atoms with Crippen LogP contribution in [0.2, 0.25) is 0 Å². The third-order valence-corrected chi connectivity index (χ3v) is 2.19. The Balaban J connectivity index is 3.36. The number of nitrogens with zero attached hydrogens (tertiary/aromatic N) is 1. The van der Waals surface area contributed by atoms with Gasteiger partial charge in [0.25, 0.3) is 0 Å². The Morgan fingerprint density at radius 1 is 1.41 bits per heavy atom. The van der Waals surface area contributed by atoms with Crippen molar-refractivity contribution in [2.45, 2.75) is 6.36 Å². The lowest BCUT2D eigenvalue weighted by atomic mass is 10.2. The van der Waals surface area contributed by atoms with Crippen LogP contribution in [0.3, 0.4) is 0 Å². The van der Waals surface area contributed by atoms with Crippen LogP contribution in [0.25, 0.3) is 0 Å². The molecule has 0 saturated heterocycles. The van der Waals surface area contributed by atoms with Crippen LogP contribution in [0, 0.1) is 10.1 Å². The van der Waals surface area contributed by atoms with Gasteiger partial charge in [-0.1, -0.05) is 0 Å². The van der Waals surface area contributed by atoms with E-state index in [1.165, 1.54) is 0 Å². The Bertz CT molecular complexity index is 475. The van der Waals surface area contributed by atoms with Crippen LogP contribution in [-0.4, -0.2) is 17.6 Å². The molecular formula is C8H3BrF3NO4. The van der Waals surface area contributed by atoms with E-state index in [-0.39, 0.29) is 16.3 Å². The predicted octanol–water partition coefficient (Wildman–Crippen LogP) is 3.07. The van der Waals surface area contributed by atoms with Gasteiger partial charge in [0.1, 0.15) is 6.29 Å². The molecule has 0 bridgehead atoms. The van der Waals surface area contributed by atoms with Gasteiger partial charge in [-0.15, -0.1) is 13.2 Å². The van der Waals surface area contributed by atoms with Crippen LogP contribution in [0.5, 0.6) is 5.75 Å². The SMILES string of the molecule is O=Cc1cc(Br)c(OC(F)(F)F)c([N+](=O)[O-])c1. The normalized spacial score (nSPS) is 11.1. The maximum Gasteiger partial charge on any atom is 0.573 e. The number of ether oxygens (including phenoxy) is 1. The molecule has 1 aromatic carbocycles. The number of benzene rings is 1. The molecule has 1 aromatic rings. The summed E-state index contributed by atoms with van der Waals surface area (Å²) in [6, 6.07) is 1.68. The second kappa shape index (κ2) is 4.70. The van der Waals surface area contributed by atoms with Crippen LogP contribution >= 0.6 is 15.9 Å². The van der Waals surface area contributed by atoms with E-state index in [9.17, 15) is 28.1 Å². The van der Waals surface area contributed by atoms with Crippen molar-refractivity contribution in [1.29, 1.82) is 0 Å². The summed E-state index contributed by atoms with van der Waals surface area (Å²) < 4.78 is 39.2. The van der Waals surface area contributed by atoms with Crippen LogP contribution in [0.15, 0.2) is 16.6 Å². The highest BCUT2D eigenvalue weighted by molar-refractivity contribution is 9.10. The molecule has 0 fully saturated rings. The standard InChI is InChI=1S/C8H3BrF3NO4/c9-5-1-4(3-14)2-6(13(15)16)7(5)17-8(10,11)12/h1-3H. The Labute approximate surface area is 100 Å². The van der Waals surface area contributed by atoms with Crippen LogP contribution in [0.1, 0.15) is 10.4 Å². The minimum Gasteiger partial charge on any atom is -0.397 e. The average Bonchev–Trinajstić information content (AvgIpc) is 2.18. The Kier molecular flexibility index (Phi) is 3.71. The first-order valence-corrected chi connectivity index (χ1v) is 4.73. The van der Waals surface area contributed by atoms with Crippen LogP contribution < -0.4 is 4.74 Å². The summed E-state index contributed by atoms with van der Waals surface area (Å²) in [6.45, 7) is 0. The second-order valence-corrected chi connectivity index (χ2v) is 3.63. The zero-order valence-corrected chi connectivity index (χ0v) is 9.41. The fraction of sp³-hybridized carbons (Fsp3) is 0.125. The van der Waals surface area contributed by atoms with Crippen molar-refractivity contribution in [3.05, 3.63) is 32.3 Å². The molecule has 5 nitrogen and oxygen atoms in total. The van der Waals surface area contributed by atoms with Crippen LogP contribution in [-0.2, 0) is 0 Å². The smallest absolute Gasteiger partial charge is 0.397 e. The number of aldehydes is 1. The summed E-state index contributed by atoms with van der Waals surface area (Å²) in [4.78, 5) is 19.9. The number of alkyl halides is 3. The molecule has 0 radical (unpaired) electrons. The molecule has 0 aliphatic rings. The van der Waals surface area contributed by atoms with Gasteiger partial charge in [0, 0.05) is 11.6 Å². The maximum absolute atomic E-state index is 12.0. The Morgan fingerprint density at radius 3 is 2.41 bits per heavy atom. The van der Waals surface area contributed by atoms with Gasteiger partial charge in [-0.25, -0.2) is 0 Å². The molecular weight excluding hydrogens is 311 g/mol. The summed E-state index contributed by atoms with van der Waals surface area (Å²) >= 11 is 2.67. The van der Waals surface area contributed by atoms with E-state index in [2.05, 4.69) is 20.7 Å². The zero-order chi connectivity index (χ0) is 13.2. The molecule has 9 heteroatoms. The van der Waals surface area contributed by atoms with Gasteiger partial charge < -0.3 is 4.74 Å². The molecule has 92 valence electrons. The molecule has 0 unspecified atom stereocenters. The topological polar surface area (TPSA) is 69.4 Å². The highest BCUT2D eigenvalue weighted by Crippen LogP contribution is 2.39. The number of halogens is 4. The minimum atomic E-state index is -5.06. The molecule has 0 saturated carbocycles. The highest BCUT2D eigenvalue weighted by Gasteiger charge is 2.36. The predicted molar refractivity (Wildman–Crippen MR) is 52.9 cm³/mol. The third-order valence-electron chi connectivity index (χ3n) is 1.60. The quantitative estimate of drug-likeness (QED) is 0.488. The number of hydrogen-bond acceptors (Lipinski definition) is 4. The van der Waals surface area contributed by atoms with Crippen molar-refractivity contribution >= 4 is 27.9 Å². The lowest BCUT2D eigenvalue weighted by Crippen LogP contribution is -2.18. The van der Waals surface area contributed by atoms with Gasteiger partial charge in [-0.05, 0) is 22.0 Å². The average molecular weight is 314 g/mol. The Morgan fingerprint density at radius 2 is 2.00 bits per heavy atom. The highest BCUT2D eigenvalue weighted by atomic mass is 79.9. The summed E-state index contributed by atoms with van der Waals surface area (Å²) in [5, 5.41) is 10.5. The van der Waals surface area contributed by atoms with Crippen molar-refractivity contribution in [3.8, 4) is 5.75 Å². The third kappa shape index (κ3) is 3.41. The molecule has 17 heavy (non-hydrogen) atoms. The zero-order valence-electron chi connectivity index (χ0n) is 7.82. The lowest BCUT2D eigenvalue weighted by Gasteiger charge is -2.10. The molecule has 0 spiro atoms. The number of carbonyl (C=O) groups excluding carboxylic acids is 1. The first-order chi connectivity index (χ1) is 7.74. The van der Waals surface area contributed by atoms with E-state index in [1.54, 1.807) is 0 Å². The van der Waals surface area contributed by atoms with Gasteiger partial charge >= 0.3 is 12.0 Å². The molecule has 0 amide bonds. The van der Waals surface area contributed by atoms with E-state index in [4.69, 9.17) is 0 Å². The summed E-state index contributed by atoms with van der Waals surface area (Å²) in [6.07, 6.45) is -4.79. The monoisotopic (exact) mass is 313 g/mol. The molecule has 0 aliphatic heterocycles. The molecule has 0 aromatic heterocycles. The molecule has 0 heterocycles. The van der Waals surface area contributed by atoms with E-state index in [0.717, 1.165) is 6.07 Å². The first kappa shape index (κ1) is 13.4. The summed E-state index contributed by atoms with van der Waals surface area (Å²) in [7, 11) is 0. The largest absolute Gasteiger partial charge is 0.573 e. The van der Waals surface area contributed by atoms with Crippen molar-refractivity contribution in [2.24, 2.45) is 0 Å².